The molecule has 8 heteroatoms. The Morgan fingerprint density at radius 3 is 2.89 bits per heavy atom. The van der Waals surface area contributed by atoms with Crippen LogP contribution in [0.1, 0.15) is 10.4 Å². The number of pyridine rings is 1. The summed E-state index contributed by atoms with van der Waals surface area (Å²) in [5.74, 6) is -3.05. The highest BCUT2D eigenvalue weighted by Gasteiger charge is 2.15. The van der Waals surface area contributed by atoms with Crippen LogP contribution in [0.2, 0.25) is 0 Å². The number of carbonyl (C=O) groups excluding carboxylic acids is 1. The van der Waals surface area contributed by atoms with Crippen molar-refractivity contribution >= 4 is 17.7 Å². The molecule has 0 aliphatic heterocycles. The zero-order valence-corrected chi connectivity index (χ0v) is 10.3. The van der Waals surface area contributed by atoms with Crippen LogP contribution in [0.5, 0.6) is 0 Å². The summed E-state index contributed by atoms with van der Waals surface area (Å²) in [6.45, 7) is 0.492. The van der Waals surface area contributed by atoms with Gasteiger partial charge in [0.05, 0.1) is 13.2 Å². The lowest BCUT2D eigenvalue weighted by Crippen LogP contribution is -2.32. The van der Waals surface area contributed by atoms with Gasteiger partial charge in [-0.25, -0.2) is 14.2 Å². The van der Waals surface area contributed by atoms with Gasteiger partial charge in [-0.3, -0.25) is 4.79 Å². The van der Waals surface area contributed by atoms with E-state index in [4.69, 9.17) is 9.84 Å². The number of rotatable bonds is 7. The first-order valence-electron chi connectivity index (χ1n) is 5.43. The molecule has 0 aromatic carbocycles. The summed E-state index contributed by atoms with van der Waals surface area (Å²) in [4.78, 5) is 25.7. The number of aromatic carboxylic acids is 1. The average molecular weight is 271 g/mol. The van der Waals surface area contributed by atoms with E-state index in [-0.39, 0.29) is 18.3 Å². The number of amides is 1. The van der Waals surface area contributed by atoms with Crippen molar-refractivity contribution in [3.05, 3.63) is 23.6 Å². The van der Waals surface area contributed by atoms with Crippen molar-refractivity contribution in [1.29, 1.82) is 0 Å². The topological polar surface area (TPSA) is 101 Å². The molecule has 0 fully saturated rings. The molecule has 0 saturated heterocycles. The maximum absolute atomic E-state index is 13.6. The predicted octanol–water partition coefficient (Wildman–Crippen LogP) is 0.0934. The molecule has 0 atom stereocenters. The highest BCUT2D eigenvalue weighted by molar-refractivity contribution is 5.89. The van der Waals surface area contributed by atoms with Crippen molar-refractivity contribution in [3.63, 3.8) is 0 Å². The van der Waals surface area contributed by atoms with Gasteiger partial charge < -0.3 is 20.5 Å². The zero-order valence-electron chi connectivity index (χ0n) is 10.3. The van der Waals surface area contributed by atoms with Crippen LogP contribution in [-0.2, 0) is 9.53 Å². The van der Waals surface area contributed by atoms with Gasteiger partial charge >= 0.3 is 5.97 Å². The fourth-order valence-corrected chi connectivity index (χ4v) is 1.25. The Morgan fingerprint density at radius 2 is 2.26 bits per heavy atom. The molecule has 1 aromatic rings. The number of hydrogen-bond acceptors (Lipinski definition) is 5. The van der Waals surface area contributed by atoms with Crippen LogP contribution < -0.4 is 10.6 Å². The Bertz CT molecular complexity index is 467. The monoisotopic (exact) mass is 271 g/mol. The first-order chi connectivity index (χ1) is 9.06. The van der Waals surface area contributed by atoms with Crippen LogP contribution in [0.15, 0.2) is 12.3 Å². The molecule has 1 aromatic heterocycles. The van der Waals surface area contributed by atoms with Gasteiger partial charge in [-0.05, 0) is 6.07 Å². The van der Waals surface area contributed by atoms with E-state index in [0.29, 0.717) is 13.2 Å². The lowest BCUT2D eigenvalue weighted by atomic mass is 10.2. The molecule has 0 saturated carbocycles. The quantitative estimate of drug-likeness (QED) is 0.608. The molecule has 0 bridgehead atoms. The maximum atomic E-state index is 13.6. The van der Waals surface area contributed by atoms with E-state index >= 15 is 0 Å². The second kappa shape index (κ2) is 7.27. The summed E-state index contributed by atoms with van der Waals surface area (Å²) >= 11 is 0. The number of anilines is 1. The minimum atomic E-state index is -1.40. The number of carboxylic acids is 1. The number of halogens is 1. The molecule has 0 unspecified atom stereocenters. The van der Waals surface area contributed by atoms with Gasteiger partial charge in [0.1, 0.15) is 5.56 Å². The zero-order chi connectivity index (χ0) is 14.3. The molecule has 3 N–H and O–H groups in total. The van der Waals surface area contributed by atoms with E-state index in [2.05, 4.69) is 15.6 Å². The molecule has 1 heterocycles. The molecule has 0 aliphatic rings. The molecular formula is C11H14FN3O4. The van der Waals surface area contributed by atoms with E-state index in [0.717, 1.165) is 12.3 Å². The molecule has 0 aliphatic carbocycles. The summed E-state index contributed by atoms with van der Waals surface area (Å²) in [5.41, 5.74) is -0.503. The van der Waals surface area contributed by atoms with Crippen LogP contribution in [-0.4, -0.2) is 48.8 Å². The SMILES string of the molecule is COCCNC(=O)CNc1nccc(C(=O)O)c1F. The Hall–Kier alpha value is -2.22. The van der Waals surface area contributed by atoms with Crippen molar-refractivity contribution in [3.8, 4) is 0 Å². The van der Waals surface area contributed by atoms with Crippen molar-refractivity contribution in [2.75, 3.05) is 32.1 Å². The number of carboxylic acid groups (broad SMARTS) is 1. The van der Waals surface area contributed by atoms with E-state index in [1.54, 1.807) is 0 Å². The van der Waals surface area contributed by atoms with Gasteiger partial charge in [0.2, 0.25) is 5.91 Å². The van der Waals surface area contributed by atoms with Gasteiger partial charge in [-0.2, -0.15) is 0 Å². The second-order valence-corrected chi connectivity index (χ2v) is 3.52. The van der Waals surface area contributed by atoms with E-state index in [1.165, 1.54) is 7.11 Å². The van der Waals surface area contributed by atoms with Gasteiger partial charge in [-0.1, -0.05) is 0 Å². The number of aromatic nitrogens is 1. The molecule has 1 amide bonds. The van der Waals surface area contributed by atoms with E-state index in [9.17, 15) is 14.0 Å². The third-order valence-electron chi connectivity index (χ3n) is 2.16. The Labute approximate surface area is 108 Å². The second-order valence-electron chi connectivity index (χ2n) is 3.52. The van der Waals surface area contributed by atoms with Crippen LogP contribution in [0, 0.1) is 5.82 Å². The normalized spacial score (nSPS) is 10.0. The summed E-state index contributed by atoms with van der Waals surface area (Å²) in [6, 6.07) is 1.04. The first kappa shape index (κ1) is 14.8. The highest BCUT2D eigenvalue weighted by atomic mass is 19.1. The molecule has 0 radical (unpaired) electrons. The minimum absolute atomic E-state index is 0.212. The van der Waals surface area contributed by atoms with Crippen LogP contribution in [0.3, 0.4) is 0 Å². The molecule has 0 spiro atoms. The van der Waals surface area contributed by atoms with E-state index < -0.39 is 17.3 Å². The summed E-state index contributed by atoms with van der Waals surface area (Å²) < 4.78 is 18.4. The van der Waals surface area contributed by atoms with Gasteiger partial charge in [0, 0.05) is 19.9 Å². The number of hydrogen-bond donors (Lipinski definition) is 3. The molecular weight excluding hydrogens is 257 g/mol. The van der Waals surface area contributed by atoms with Crippen LogP contribution >= 0.6 is 0 Å². The van der Waals surface area contributed by atoms with Gasteiger partial charge in [0.15, 0.2) is 11.6 Å². The number of ether oxygens (including phenoxy) is 1. The number of nitrogens with one attached hydrogen (secondary N) is 2. The van der Waals surface area contributed by atoms with Crippen molar-refractivity contribution in [1.82, 2.24) is 10.3 Å². The fourth-order valence-electron chi connectivity index (χ4n) is 1.25. The molecule has 7 nitrogen and oxygen atoms in total. The fraction of sp³-hybridized carbons (Fsp3) is 0.364. The number of carbonyl (C=O) groups is 2. The Kier molecular flexibility index (Phi) is 5.68. The third-order valence-corrected chi connectivity index (χ3v) is 2.16. The number of nitrogens with zero attached hydrogens (tertiary/aromatic N) is 1. The third kappa shape index (κ3) is 4.51. The largest absolute Gasteiger partial charge is 0.478 e. The van der Waals surface area contributed by atoms with Crippen molar-refractivity contribution in [2.45, 2.75) is 0 Å². The van der Waals surface area contributed by atoms with E-state index in [1.807, 2.05) is 0 Å². The average Bonchev–Trinajstić information content (AvgIpc) is 2.37. The van der Waals surface area contributed by atoms with Gasteiger partial charge in [-0.15, -0.1) is 0 Å². The maximum Gasteiger partial charge on any atom is 0.338 e. The Morgan fingerprint density at radius 1 is 1.53 bits per heavy atom. The number of methoxy groups -OCH3 is 1. The minimum Gasteiger partial charge on any atom is -0.478 e. The molecule has 1 rings (SSSR count). The molecule has 19 heavy (non-hydrogen) atoms. The summed E-state index contributed by atoms with van der Waals surface area (Å²) in [6.07, 6.45) is 1.15. The summed E-state index contributed by atoms with van der Waals surface area (Å²) in [7, 11) is 1.50. The predicted molar refractivity (Wildman–Crippen MR) is 64.5 cm³/mol. The van der Waals surface area contributed by atoms with Crippen molar-refractivity contribution in [2.24, 2.45) is 0 Å². The van der Waals surface area contributed by atoms with Gasteiger partial charge in [0.25, 0.3) is 0 Å². The van der Waals surface area contributed by atoms with Crippen LogP contribution in [0.25, 0.3) is 0 Å². The first-order valence-corrected chi connectivity index (χ1v) is 5.43. The smallest absolute Gasteiger partial charge is 0.338 e. The standard InChI is InChI=1S/C11H14FN3O4/c1-19-5-4-13-8(16)6-15-10-9(12)7(11(17)18)2-3-14-10/h2-3H,4-6H2,1H3,(H,13,16)(H,14,15)(H,17,18). The lowest BCUT2D eigenvalue weighted by Gasteiger charge is -2.08. The van der Waals surface area contributed by atoms with Crippen molar-refractivity contribution < 1.29 is 23.8 Å². The highest BCUT2D eigenvalue weighted by Crippen LogP contribution is 2.14. The van der Waals surface area contributed by atoms with Crippen LogP contribution in [0.4, 0.5) is 10.2 Å². The Balaban J connectivity index is 2.56. The molecule has 104 valence electrons. The lowest BCUT2D eigenvalue weighted by molar-refractivity contribution is -0.119. The summed E-state index contributed by atoms with van der Waals surface area (Å²) in [5, 5.41) is 13.7.